The Kier molecular flexibility index (Phi) is 6.45. The van der Waals surface area contributed by atoms with E-state index in [0.717, 1.165) is 6.42 Å². The highest BCUT2D eigenvalue weighted by Gasteiger charge is 2.13. The maximum atomic E-state index is 11.9. The molecule has 7 heteroatoms. The number of aliphatic hydroxyl groups is 1. The van der Waals surface area contributed by atoms with E-state index in [1.54, 1.807) is 0 Å². The maximum Gasteiger partial charge on any atom is 0.269 e. The number of nitrogens with zero attached hydrogens (tertiary/aromatic N) is 2. The molecule has 7 nitrogen and oxygen atoms in total. The Morgan fingerprint density at radius 3 is 2.50 bits per heavy atom. The molecule has 0 aliphatic heterocycles. The number of hydrogen-bond acceptors (Lipinski definition) is 5. The van der Waals surface area contributed by atoms with Crippen molar-refractivity contribution in [3.05, 3.63) is 34.4 Å². The summed E-state index contributed by atoms with van der Waals surface area (Å²) in [5, 5.41) is 19.4. The van der Waals surface area contributed by atoms with Crippen molar-refractivity contribution in [2.45, 2.75) is 13.3 Å². The highest BCUT2D eigenvalue weighted by Crippen LogP contribution is 2.17. The number of nitro benzene ring substituents is 1. The topological polar surface area (TPSA) is 92.9 Å². The second-order valence-electron chi connectivity index (χ2n) is 4.14. The van der Waals surface area contributed by atoms with Crippen LogP contribution in [0.4, 0.5) is 5.69 Å². The number of carbonyl (C=O) groups excluding carboxylic acids is 1. The molecule has 1 aromatic carbocycles. The Morgan fingerprint density at radius 2 is 2.00 bits per heavy atom. The molecule has 110 valence electrons. The van der Waals surface area contributed by atoms with Gasteiger partial charge in [-0.3, -0.25) is 14.9 Å². The van der Waals surface area contributed by atoms with Gasteiger partial charge in [0.2, 0.25) is 0 Å². The third-order valence-electron chi connectivity index (χ3n) is 2.63. The van der Waals surface area contributed by atoms with Crippen LogP contribution in [0.2, 0.25) is 0 Å². The number of hydrogen-bond donors (Lipinski definition) is 1. The van der Waals surface area contributed by atoms with E-state index in [-0.39, 0.29) is 31.4 Å². The van der Waals surface area contributed by atoms with Crippen LogP contribution < -0.4 is 4.74 Å². The zero-order valence-corrected chi connectivity index (χ0v) is 11.3. The molecule has 20 heavy (non-hydrogen) atoms. The lowest BCUT2D eigenvalue weighted by Crippen LogP contribution is -2.37. The number of ether oxygens (including phenoxy) is 1. The SMILES string of the molecule is CCCN(CCO)C(=O)COc1ccc([N+](=O)[O-])cc1. The average molecular weight is 282 g/mol. The van der Waals surface area contributed by atoms with Crippen molar-refractivity contribution in [2.24, 2.45) is 0 Å². The molecule has 0 spiro atoms. The van der Waals surface area contributed by atoms with E-state index in [1.807, 2.05) is 6.92 Å². The van der Waals surface area contributed by atoms with Gasteiger partial charge in [0.25, 0.3) is 11.6 Å². The van der Waals surface area contributed by atoms with Crippen molar-refractivity contribution in [1.82, 2.24) is 4.90 Å². The molecule has 0 aliphatic carbocycles. The van der Waals surface area contributed by atoms with Crippen LogP contribution in [0, 0.1) is 10.1 Å². The van der Waals surface area contributed by atoms with E-state index in [1.165, 1.54) is 29.2 Å². The number of nitro groups is 1. The van der Waals surface area contributed by atoms with Gasteiger partial charge in [-0.1, -0.05) is 6.92 Å². The lowest BCUT2D eigenvalue weighted by atomic mass is 10.3. The standard InChI is InChI=1S/C13H18N2O5/c1-2-7-14(8-9-16)13(17)10-20-12-5-3-11(4-6-12)15(18)19/h3-6,16H,2,7-10H2,1H3. The second kappa shape index (κ2) is 8.11. The van der Waals surface area contributed by atoms with Gasteiger partial charge in [-0.05, 0) is 18.6 Å². The van der Waals surface area contributed by atoms with Crippen LogP contribution in [-0.2, 0) is 4.79 Å². The van der Waals surface area contributed by atoms with Crippen LogP contribution in [-0.4, -0.2) is 47.1 Å². The summed E-state index contributed by atoms with van der Waals surface area (Å²) in [5.74, 6) is 0.170. The highest BCUT2D eigenvalue weighted by molar-refractivity contribution is 5.77. The monoisotopic (exact) mass is 282 g/mol. The second-order valence-corrected chi connectivity index (χ2v) is 4.14. The maximum absolute atomic E-state index is 11.9. The molecule has 0 aromatic heterocycles. The summed E-state index contributed by atoms with van der Waals surface area (Å²) >= 11 is 0. The molecular weight excluding hydrogens is 264 g/mol. The van der Waals surface area contributed by atoms with E-state index >= 15 is 0 Å². The molecule has 0 saturated heterocycles. The molecule has 0 unspecified atom stereocenters. The normalized spacial score (nSPS) is 10.1. The Balaban J connectivity index is 2.52. The summed E-state index contributed by atoms with van der Waals surface area (Å²) in [6, 6.07) is 5.53. The van der Waals surface area contributed by atoms with Gasteiger partial charge in [-0.15, -0.1) is 0 Å². The fourth-order valence-electron chi connectivity index (χ4n) is 1.65. The third-order valence-corrected chi connectivity index (χ3v) is 2.63. The van der Waals surface area contributed by atoms with Gasteiger partial charge in [-0.2, -0.15) is 0 Å². The summed E-state index contributed by atoms with van der Waals surface area (Å²) in [5.41, 5.74) is -0.0310. The predicted molar refractivity (Wildman–Crippen MR) is 72.5 cm³/mol. The van der Waals surface area contributed by atoms with Crippen LogP contribution in [0.5, 0.6) is 5.75 Å². The average Bonchev–Trinajstić information content (AvgIpc) is 2.45. The molecular formula is C13H18N2O5. The quantitative estimate of drug-likeness (QED) is 0.571. The zero-order chi connectivity index (χ0) is 15.0. The molecule has 1 rings (SSSR count). The lowest BCUT2D eigenvalue weighted by molar-refractivity contribution is -0.384. The summed E-state index contributed by atoms with van der Waals surface area (Å²) in [6.45, 7) is 2.52. The van der Waals surface area contributed by atoms with Crippen LogP contribution in [0.1, 0.15) is 13.3 Å². The van der Waals surface area contributed by atoms with Crippen LogP contribution >= 0.6 is 0 Å². The highest BCUT2D eigenvalue weighted by atomic mass is 16.6. The Morgan fingerprint density at radius 1 is 1.35 bits per heavy atom. The number of amides is 1. The molecule has 1 N–H and O–H groups in total. The first-order valence-electron chi connectivity index (χ1n) is 6.34. The Hall–Kier alpha value is -2.15. The van der Waals surface area contributed by atoms with Crippen molar-refractivity contribution >= 4 is 11.6 Å². The largest absolute Gasteiger partial charge is 0.484 e. The molecule has 0 bridgehead atoms. The van der Waals surface area contributed by atoms with E-state index < -0.39 is 4.92 Å². The number of non-ortho nitro benzene ring substituents is 1. The molecule has 0 aliphatic rings. The summed E-state index contributed by atoms with van der Waals surface area (Å²) in [4.78, 5) is 23.4. The van der Waals surface area contributed by atoms with Crippen LogP contribution in [0.3, 0.4) is 0 Å². The molecule has 0 fully saturated rings. The van der Waals surface area contributed by atoms with Gasteiger partial charge in [0.15, 0.2) is 6.61 Å². The minimum absolute atomic E-state index is 0.0310. The van der Waals surface area contributed by atoms with E-state index in [0.29, 0.717) is 12.3 Å². The van der Waals surface area contributed by atoms with Crippen molar-refractivity contribution in [3.63, 3.8) is 0 Å². The van der Waals surface area contributed by atoms with Crippen molar-refractivity contribution in [2.75, 3.05) is 26.3 Å². The number of aliphatic hydroxyl groups excluding tert-OH is 1. The van der Waals surface area contributed by atoms with Crippen molar-refractivity contribution in [1.29, 1.82) is 0 Å². The molecule has 0 saturated carbocycles. The van der Waals surface area contributed by atoms with Gasteiger partial charge >= 0.3 is 0 Å². The third kappa shape index (κ3) is 4.85. The summed E-state index contributed by atoms with van der Waals surface area (Å²) in [6.07, 6.45) is 0.795. The molecule has 0 radical (unpaired) electrons. The Bertz CT molecular complexity index is 441. The first-order valence-corrected chi connectivity index (χ1v) is 6.34. The van der Waals surface area contributed by atoms with Gasteiger partial charge in [-0.25, -0.2) is 0 Å². The lowest BCUT2D eigenvalue weighted by Gasteiger charge is -2.21. The first kappa shape index (κ1) is 15.9. The molecule has 0 heterocycles. The molecule has 1 aromatic rings. The zero-order valence-electron chi connectivity index (χ0n) is 11.3. The van der Waals surface area contributed by atoms with Gasteiger partial charge in [0.05, 0.1) is 11.5 Å². The molecule has 0 atom stereocenters. The van der Waals surface area contributed by atoms with E-state index in [2.05, 4.69) is 0 Å². The van der Waals surface area contributed by atoms with Crippen molar-refractivity contribution < 1.29 is 19.6 Å². The predicted octanol–water partition coefficient (Wildman–Crippen LogP) is 1.20. The minimum Gasteiger partial charge on any atom is -0.484 e. The fourth-order valence-corrected chi connectivity index (χ4v) is 1.65. The van der Waals surface area contributed by atoms with Crippen molar-refractivity contribution in [3.8, 4) is 5.75 Å². The summed E-state index contributed by atoms with van der Waals surface area (Å²) in [7, 11) is 0. The number of carbonyl (C=O) groups is 1. The van der Waals surface area contributed by atoms with E-state index in [4.69, 9.17) is 9.84 Å². The molecule has 1 amide bonds. The number of rotatable bonds is 8. The summed E-state index contributed by atoms with van der Waals surface area (Å²) < 4.78 is 5.28. The van der Waals surface area contributed by atoms with Crippen LogP contribution in [0.15, 0.2) is 24.3 Å². The minimum atomic E-state index is -0.501. The van der Waals surface area contributed by atoms with Gasteiger partial charge in [0, 0.05) is 25.2 Å². The first-order chi connectivity index (χ1) is 9.58. The van der Waals surface area contributed by atoms with Gasteiger partial charge < -0.3 is 14.7 Å². The van der Waals surface area contributed by atoms with E-state index in [9.17, 15) is 14.9 Å². The smallest absolute Gasteiger partial charge is 0.269 e. The van der Waals surface area contributed by atoms with Gasteiger partial charge in [0.1, 0.15) is 5.75 Å². The number of benzene rings is 1. The Labute approximate surface area is 116 Å². The van der Waals surface area contributed by atoms with Crippen LogP contribution in [0.25, 0.3) is 0 Å². The fraction of sp³-hybridized carbons (Fsp3) is 0.462.